The Bertz CT molecular complexity index is 222. The lowest BCUT2D eigenvalue weighted by Crippen LogP contribution is -2.18. The molecule has 0 aliphatic rings. The summed E-state index contributed by atoms with van der Waals surface area (Å²) in [6.45, 7) is 10.7. The summed E-state index contributed by atoms with van der Waals surface area (Å²) in [6, 6.07) is 0. The van der Waals surface area contributed by atoms with Gasteiger partial charge < -0.3 is 10.2 Å². The second kappa shape index (κ2) is 10.1. The molecule has 90 valence electrons. The van der Waals surface area contributed by atoms with Gasteiger partial charge in [-0.3, -0.25) is 4.57 Å². The summed E-state index contributed by atoms with van der Waals surface area (Å²) in [5.41, 5.74) is 0. The van der Waals surface area contributed by atoms with E-state index < -0.39 is 7.52 Å². The van der Waals surface area contributed by atoms with Gasteiger partial charge in [0.25, 0.3) is 0 Å². The Balaban J connectivity index is 0. The van der Waals surface area contributed by atoms with Crippen LogP contribution in [0.5, 0.6) is 0 Å². The Morgan fingerprint density at radius 2 is 1.67 bits per heavy atom. The maximum atomic E-state index is 10.9. The standard InChI is InChI=1S/C5H11N2O2P.C4H11N/c1-3-7(4-2)10(8,9)5-6;1-3-5-4-2/h3-4H2,1-2H3,(H,8,9);5H,3-4H2,1-2H3. The van der Waals surface area contributed by atoms with Crippen LogP contribution in [0.3, 0.4) is 0 Å². The fourth-order valence-electron chi connectivity index (χ4n) is 0.920. The van der Waals surface area contributed by atoms with Crippen LogP contribution in [0.4, 0.5) is 0 Å². The molecule has 0 bridgehead atoms. The van der Waals surface area contributed by atoms with E-state index >= 15 is 0 Å². The van der Waals surface area contributed by atoms with E-state index in [9.17, 15) is 4.57 Å². The van der Waals surface area contributed by atoms with E-state index in [1.54, 1.807) is 13.8 Å². The van der Waals surface area contributed by atoms with Crippen LogP contribution in [-0.4, -0.2) is 35.7 Å². The summed E-state index contributed by atoms with van der Waals surface area (Å²) >= 11 is 0. The number of nitrogens with zero attached hydrogens (tertiary/aromatic N) is 2. The molecule has 0 aromatic rings. The Morgan fingerprint density at radius 1 is 1.27 bits per heavy atom. The highest BCUT2D eigenvalue weighted by Gasteiger charge is 2.24. The molecule has 0 heterocycles. The molecule has 0 fully saturated rings. The second-order valence-corrected chi connectivity index (χ2v) is 4.59. The van der Waals surface area contributed by atoms with Gasteiger partial charge in [-0.1, -0.05) is 27.7 Å². The minimum absolute atomic E-state index is 0.428. The monoisotopic (exact) mass is 235 g/mol. The third-order valence-corrected chi connectivity index (χ3v) is 3.34. The minimum atomic E-state index is -3.64. The van der Waals surface area contributed by atoms with Crippen LogP contribution >= 0.6 is 7.52 Å². The van der Waals surface area contributed by atoms with Crippen molar-refractivity contribution in [2.75, 3.05) is 26.2 Å². The largest absolute Gasteiger partial charge is 0.368 e. The van der Waals surface area contributed by atoms with Gasteiger partial charge in [0, 0.05) is 13.1 Å². The van der Waals surface area contributed by atoms with Gasteiger partial charge in [-0.15, -0.1) is 0 Å². The van der Waals surface area contributed by atoms with E-state index in [0.29, 0.717) is 13.1 Å². The molecule has 0 saturated carbocycles. The Hall–Kier alpha value is -0.400. The van der Waals surface area contributed by atoms with Crippen molar-refractivity contribution in [3.05, 3.63) is 0 Å². The number of rotatable bonds is 5. The quantitative estimate of drug-likeness (QED) is 0.708. The topological polar surface area (TPSA) is 76.4 Å². The smallest absolute Gasteiger partial charge is 0.323 e. The zero-order valence-corrected chi connectivity index (χ0v) is 10.9. The average Bonchev–Trinajstić information content (AvgIpc) is 2.21. The SMILES string of the molecule is CCN(CC)P(=O)(O)C#N.CCNCC. The van der Waals surface area contributed by atoms with Crippen LogP contribution in [0.2, 0.25) is 0 Å². The summed E-state index contributed by atoms with van der Waals surface area (Å²) in [7, 11) is -3.64. The molecule has 0 aliphatic heterocycles. The first kappa shape index (κ1) is 17.0. The molecule has 0 rings (SSSR count). The first-order valence-electron chi connectivity index (χ1n) is 5.20. The van der Waals surface area contributed by atoms with Gasteiger partial charge in [0.1, 0.15) is 0 Å². The molecule has 0 aromatic heterocycles. The Labute approximate surface area is 92.6 Å². The predicted octanol–water partition coefficient (Wildman–Crippen LogP) is 1.61. The molecule has 15 heavy (non-hydrogen) atoms. The van der Waals surface area contributed by atoms with E-state index in [1.807, 2.05) is 0 Å². The number of nitriles is 1. The minimum Gasteiger partial charge on any atom is -0.323 e. The van der Waals surface area contributed by atoms with Crippen LogP contribution in [0, 0.1) is 11.1 Å². The molecule has 0 spiro atoms. The fraction of sp³-hybridized carbons (Fsp3) is 0.889. The van der Waals surface area contributed by atoms with Crippen molar-refractivity contribution in [3.63, 3.8) is 0 Å². The fourth-order valence-corrected chi connectivity index (χ4v) is 1.81. The van der Waals surface area contributed by atoms with Crippen molar-refractivity contribution < 1.29 is 9.46 Å². The summed E-state index contributed by atoms with van der Waals surface area (Å²) in [5.74, 6) is 1.38. The Morgan fingerprint density at radius 3 is 1.73 bits per heavy atom. The first-order chi connectivity index (χ1) is 6.99. The lowest BCUT2D eigenvalue weighted by Gasteiger charge is -2.17. The highest BCUT2D eigenvalue weighted by atomic mass is 31.2. The Kier molecular flexibility index (Phi) is 11.5. The van der Waals surface area contributed by atoms with Crippen LogP contribution in [0.25, 0.3) is 0 Å². The van der Waals surface area contributed by atoms with Crippen molar-refractivity contribution in [2.24, 2.45) is 0 Å². The van der Waals surface area contributed by atoms with Crippen LogP contribution in [0.1, 0.15) is 27.7 Å². The lowest BCUT2D eigenvalue weighted by atomic mass is 10.7. The second-order valence-electron chi connectivity index (χ2n) is 2.74. The van der Waals surface area contributed by atoms with E-state index in [4.69, 9.17) is 10.2 Å². The van der Waals surface area contributed by atoms with Crippen molar-refractivity contribution in [1.29, 1.82) is 5.26 Å². The summed E-state index contributed by atoms with van der Waals surface area (Å²) in [5, 5.41) is 11.3. The van der Waals surface area contributed by atoms with Crippen molar-refractivity contribution in [1.82, 2.24) is 9.99 Å². The van der Waals surface area contributed by atoms with E-state index in [-0.39, 0.29) is 0 Å². The van der Waals surface area contributed by atoms with Crippen LogP contribution < -0.4 is 5.32 Å². The van der Waals surface area contributed by atoms with Gasteiger partial charge in [-0.25, -0.2) is 4.67 Å². The van der Waals surface area contributed by atoms with Gasteiger partial charge in [-0.05, 0) is 13.1 Å². The lowest BCUT2D eigenvalue weighted by molar-refractivity contribution is 0.377. The third kappa shape index (κ3) is 8.59. The highest BCUT2D eigenvalue weighted by Crippen LogP contribution is 2.42. The van der Waals surface area contributed by atoms with Crippen LogP contribution in [-0.2, 0) is 4.57 Å². The number of hydrogen-bond acceptors (Lipinski definition) is 3. The molecule has 0 saturated heterocycles. The van der Waals surface area contributed by atoms with Gasteiger partial charge >= 0.3 is 7.52 Å². The van der Waals surface area contributed by atoms with Crippen molar-refractivity contribution in [3.8, 4) is 5.81 Å². The molecule has 0 aromatic carbocycles. The molecular formula is C9H22N3O2P. The molecular weight excluding hydrogens is 213 g/mol. The van der Waals surface area contributed by atoms with Gasteiger partial charge in [0.2, 0.25) is 0 Å². The maximum Gasteiger partial charge on any atom is 0.368 e. The molecule has 5 nitrogen and oxygen atoms in total. The molecule has 0 aliphatic carbocycles. The molecule has 2 N–H and O–H groups in total. The van der Waals surface area contributed by atoms with Crippen LogP contribution in [0.15, 0.2) is 0 Å². The zero-order chi connectivity index (χ0) is 12.3. The summed E-state index contributed by atoms with van der Waals surface area (Å²) < 4.78 is 12.1. The zero-order valence-electron chi connectivity index (χ0n) is 10.0. The van der Waals surface area contributed by atoms with Gasteiger partial charge in [0.15, 0.2) is 5.81 Å². The van der Waals surface area contributed by atoms with Crippen molar-refractivity contribution >= 4 is 7.52 Å². The highest BCUT2D eigenvalue weighted by molar-refractivity contribution is 7.60. The van der Waals surface area contributed by atoms with Gasteiger partial charge in [-0.2, -0.15) is 5.26 Å². The third-order valence-electron chi connectivity index (χ3n) is 1.74. The number of nitrogens with one attached hydrogen (secondary N) is 1. The van der Waals surface area contributed by atoms with E-state index in [0.717, 1.165) is 13.1 Å². The first-order valence-corrected chi connectivity index (χ1v) is 6.81. The number of hydrogen-bond donors (Lipinski definition) is 2. The summed E-state index contributed by atoms with van der Waals surface area (Å²) in [4.78, 5) is 8.90. The molecule has 1 unspecified atom stereocenters. The van der Waals surface area contributed by atoms with E-state index in [1.165, 1.54) is 10.5 Å². The molecule has 0 amide bonds. The normalized spacial score (nSPS) is 13.7. The molecule has 0 radical (unpaired) electrons. The molecule has 1 atom stereocenters. The summed E-state index contributed by atoms with van der Waals surface area (Å²) in [6.07, 6.45) is 0. The average molecular weight is 235 g/mol. The van der Waals surface area contributed by atoms with Gasteiger partial charge in [0.05, 0.1) is 0 Å². The maximum absolute atomic E-state index is 10.9. The van der Waals surface area contributed by atoms with E-state index in [2.05, 4.69) is 19.2 Å². The predicted molar refractivity (Wildman–Crippen MR) is 62.6 cm³/mol. The van der Waals surface area contributed by atoms with Crippen molar-refractivity contribution in [2.45, 2.75) is 27.7 Å². The molecule has 6 heteroatoms.